The Morgan fingerprint density at radius 2 is 1.60 bits per heavy atom. The van der Waals surface area contributed by atoms with Gasteiger partial charge in [0.2, 0.25) is 0 Å². The zero-order valence-corrected chi connectivity index (χ0v) is 23.5. The maximum atomic E-state index is 13.2. The Bertz CT molecular complexity index is 1340. The fourth-order valence-electron chi connectivity index (χ4n) is 4.00. The number of Topliss-reactive ketones (excluding diaryl/α,β-unsaturated/α-hetero) is 1. The largest absolute Gasteiger partial charge is 0.493 e. The predicted octanol–water partition coefficient (Wildman–Crippen LogP) is 6.14. The van der Waals surface area contributed by atoms with Gasteiger partial charge in [-0.25, -0.2) is 4.79 Å². The number of ketones is 1. The van der Waals surface area contributed by atoms with Gasteiger partial charge in [0.1, 0.15) is 0 Å². The van der Waals surface area contributed by atoms with Crippen LogP contribution in [0.4, 0.5) is 21.9 Å². The molecule has 1 unspecified atom stereocenters. The minimum Gasteiger partial charge on any atom is -0.493 e. The van der Waals surface area contributed by atoms with Crippen LogP contribution in [0.15, 0.2) is 66.7 Å². The lowest BCUT2D eigenvalue weighted by atomic mass is 9.93. The number of urea groups is 1. The van der Waals surface area contributed by atoms with Crippen molar-refractivity contribution in [3.8, 4) is 11.5 Å². The summed E-state index contributed by atoms with van der Waals surface area (Å²) in [5.74, 6) is -0.117. The van der Waals surface area contributed by atoms with E-state index in [0.29, 0.717) is 22.9 Å². The smallest absolute Gasteiger partial charge is 0.323 e. The minimum atomic E-state index is -0.896. The highest BCUT2D eigenvalue weighted by atomic mass is 16.5. The molecule has 4 N–H and O–H groups in total. The maximum absolute atomic E-state index is 13.2. The van der Waals surface area contributed by atoms with Crippen LogP contribution in [0.5, 0.6) is 11.5 Å². The summed E-state index contributed by atoms with van der Waals surface area (Å²) in [5, 5.41) is 17.9. The highest BCUT2D eigenvalue weighted by Crippen LogP contribution is 2.32. The summed E-state index contributed by atoms with van der Waals surface area (Å²) >= 11 is 0. The topological polar surface area (TPSA) is 126 Å². The van der Waals surface area contributed by atoms with Crippen LogP contribution in [0.25, 0.3) is 0 Å². The van der Waals surface area contributed by atoms with Gasteiger partial charge in [0, 0.05) is 35.5 Å². The number of rotatable bonds is 13. The lowest BCUT2D eigenvalue weighted by molar-refractivity contribution is -0.138. The molecule has 2 amide bonds. The lowest BCUT2D eigenvalue weighted by Crippen LogP contribution is -2.41. The molecule has 0 heterocycles. The van der Waals surface area contributed by atoms with E-state index in [1.807, 2.05) is 43.3 Å². The maximum Gasteiger partial charge on any atom is 0.323 e. The van der Waals surface area contributed by atoms with Crippen LogP contribution >= 0.6 is 0 Å². The van der Waals surface area contributed by atoms with Gasteiger partial charge in [0.15, 0.2) is 17.3 Å². The van der Waals surface area contributed by atoms with Gasteiger partial charge in [-0.15, -0.1) is 0 Å². The van der Waals surface area contributed by atoms with Crippen molar-refractivity contribution >= 4 is 34.8 Å². The van der Waals surface area contributed by atoms with E-state index < -0.39 is 11.5 Å². The second kappa shape index (κ2) is 13.5. The van der Waals surface area contributed by atoms with Gasteiger partial charge in [0.25, 0.3) is 0 Å². The first kappa shape index (κ1) is 30.0. The van der Waals surface area contributed by atoms with E-state index >= 15 is 0 Å². The Morgan fingerprint density at radius 1 is 0.925 bits per heavy atom. The molecule has 1 atom stereocenters. The second-order valence-corrected chi connectivity index (χ2v) is 10.3. The van der Waals surface area contributed by atoms with Crippen molar-refractivity contribution in [1.29, 1.82) is 0 Å². The first-order chi connectivity index (χ1) is 19.0. The number of methoxy groups -OCH3 is 1. The van der Waals surface area contributed by atoms with Crippen molar-refractivity contribution in [2.24, 2.45) is 5.92 Å². The summed E-state index contributed by atoms with van der Waals surface area (Å²) in [5.41, 5.74) is 2.90. The number of anilines is 3. The van der Waals surface area contributed by atoms with E-state index in [0.717, 1.165) is 16.8 Å². The molecule has 0 aliphatic rings. The molecule has 3 rings (SSSR count). The van der Waals surface area contributed by atoms with Crippen molar-refractivity contribution in [1.82, 2.24) is 0 Å². The van der Waals surface area contributed by atoms with Crippen molar-refractivity contribution < 1.29 is 29.0 Å². The summed E-state index contributed by atoms with van der Waals surface area (Å²) in [6, 6.07) is 19.6. The molecule has 3 aromatic carbocycles. The summed E-state index contributed by atoms with van der Waals surface area (Å²) in [6.07, 6.45) is 0.196. The number of ether oxygens (including phenoxy) is 2. The molecule has 3 aromatic rings. The molecule has 40 heavy (non-hydrogen) atoms. The van der Waals surface area contributed by atoms with Crippen molar-refractivity contribution in [2.75, 3.05) is 29.7 Å². The molecule has 0 aromatic heterocycles. The Balaban J connectivity index is 1.59. The summed E-state index contributed by atoms with van der Waals surface area (Å²) < 4.78 is 11.2. The Labute approximate surface area is 234 Å². The van der Waals surface area contributed by atoms with Crippen LogP contribution in [0.2, 0.25) is 0 Å². The number of hydrogen-bond donors (Lipinski definition) is 4. The number of para-hydroxylation sites is 1. The van der Waals surface area contributed by atoms with Gasteiger partial charge in [-0.3, -0.25) is 9.59 Å². The molecule has 0 fully saturated rings. The summed E-state index contributed by atoms with van der Waals surface area (Å²) in [6.45, 7) is 7.55. The SMILES string of the molecule is COc1ccc(NC(C)(C)C(=O)Cc2ccc(NC(=O)Nc3ccccc3C)cc2)cc1OCC(C)CC(=O)O. The number of amides is 2. The average Bonchev–Trinajstić information content (AvgIpc) is 2.89. The number of hydrogen-bond acceptors (Lipinski definition) is 6. The van der Waals surface area contributed by atoms with Crippen LogP contribution in [0, 0.1) is 12.8 Å². The summed E-state index contributed by atoms with van der Waals surface area (Å²) in [4.78, 5) is 36.5. The van der Waals surface area contributed by atoms with E-state index in [-0.39, 0.29) is 37.2 Å². The van der Waals surface area contributed by atoms with Crippen LogP contribution in [-0.4, -0.2) is 42.1 Å². The fraction of sp³-hybridized carbons (Fsp3) is 0.323. The zero-order valence-electron chi connectivity index (χ0n) is 23.5. The molecule has 0 spiro atoms. The number of carboxylic acids is 1. The van der Waals surface area contributed by atoms with E-state index in [9.17, 15) is 14.4 Å². The zero-order chi connectivity index (χ0) is 29.3. The molecule has 0 aliphatic carbocycles. The van der Waals surface area contributed by atoms with Crippen LogP contribution in [0.1, 0.15) is 38.3 Å². The number of carbonyl (C=O) groups excluding carboxylic acids is 2. The van der Waals surface area contributed by atoms with Gasteiger partial charge in [-0.1, -0.05) is 37.3 Å². The van der Waals surface area contributed by atoms with Gasteiger partial charge in [-0.2, -0.15) is 0 Å². The number of aryl methyl sites for hydroxylation is 1. The molecule has 0 bridgehead atoms. The third kappa shape index (κ3) is 8.76. The molecular formula is C31H37N3O6. The third-order valence-electron chi connectivity index (χ3n) is 6.33. The molecule has 9 heteroatoms. The number of benzene rings is 3. The van der Waals surface area contributed by atoms with E-state index in [4.69, 9.17) is 14.6 Å². The highest BCUT2D eigenvalue weighted by Gasteiger charge is 2.27. The van der Waals surface area contributed by atoms with Crippen molar-refractivity contribution in [3.63, 3.8) is 0 Å². The molecule has 0 saturated carbocycles. The molecule has 0 aliphatic heterocycles. The molecule has 0 radical (unpaired) electrons. The fourth-order valence-corrected chi connectivity index (χ4v) is 4.00. The van der Waals surface area contributed by atoms with E-state index in [2.05, 4.69) is 16.0 Å². The standard InChI is InChI=1S/C31H37N3O6/c1-20(16-29(36)37)19-40-27-18-24(14-15-26(27)39-5)34-31(3,4)28(35)17-22-10-12-23(13-11-22)32-30(38)33-25-9-7-6-8-21(25)2/h6-15,18,20,34H,16-17,19H2,1-5H3,(H,36,37)(H2,32,33,38). The second-order valence-electron chi connectivity index (χ2n) is 10.3. The predicted molar refractivity (Wildman–Crippen MR) is 157 cm³/mol. The third-order valence-corrected chi connectivity index (χ3v) is 6.33. The van der Waals surface area contributed by atoms with E-state index in [1.54, 1.807) is 51.1 Å². The number of carbonyl (C=O) groups is 3. The van der Waals surface area contributed by atoms with Gasteiger partial charge in [0.05, 0.1) is 25.7 Å². The molecule has 212 valence electrons. The van der Waals surface area contributed by atoms with Crippen LogP contribution in [0.3, 0.4) is 0 Å². The van der Waals surface area contributed by atoms with Crippen LogP contribution in [-0.2, 0) is 16.0 Å². The molecule has 9 nitrogen and oxygen atoms in total. The first-order valence-corrected chi connectivity index (χ1v) is 13.0. The van der Waals surface area contributed by atoms with Gasteiger partial charge in [-0.05, 0) is 62.2 Å². The van der Waals surface area contributed by atoms with E-state index in [1.165, 1.54) is 7.11 Å². The van der Waals surface area contributed by atoms with Gasteiger partial charge < -0.3 is 30.5 Å². The van der Waals surface area contributed by atoms with Crippen LogP contribution < -0.4 is 25.4 Å². The number of nitrogens with one attached hydrogen (secondary N) is 3. The summed E-state index contributed by atoms with van der Waals surface area (Å²) in [7, 11) is 1.53. The van der Waals surface area contributed by atoms with Crippen molar-refractivity contribution in [3.05, 3.63) is 77.9 Å². The monoisotopic (exact) mass is 547 g/mol. The minimum absolute atomic E-state index is 0.000583. The number of aliphatic carboxylic acids is 1. The van der Waals surface area contributed by atoms with Gasteiger partial charge >= 0.3 is 12.0 Å². The quantitative estimate of drug-likeness (QED) is 0.202. The Morgan fingerprint density at radius 3 is 2.25 bits per heavy atom. The Hall–Kier alpha value is -4.53. The molecular weight excluding hydrogens is 510 g/mol. The average molecular weight is 548 g/mol. The first-order valence-electron chi connectivity index (χ1n) is 13.0. The normalized spacial score (nSPS) is 11.7. The molecule has 0 saturated heterocycles. The van der Waals surface area contributed by atoms with Crippen molar-refractivity contribution in [2.45, 2.75) is 46.1 Å². The highest BCUT2D eigenvalue weighted by molar-refractivity contribution is 6.00. The lowest BCUT2D eigenvalue weighted by Gasteiger charge is -2.27. The number of carboxylic acid groups (broad SMARTS) is 1. The Kier molecular flexibility index (Phi) is 10.1.